The van der Waals surface area contributed by atoms with Crippen LogP contribution in [0.3, 0.4) is 0 Å². The van der Waals surface area contributed by atoms with E-state index in [9.17, 15) is 0 Å². The van der Waals surface area contributed by atoms with E-state index in [1.54, 1.807) is 0 Å². The first-order valence-electron chi connectivity index (χ1n) is 6.76. The first-order valence-corrected chi connectivity index (χ1v) is 6.76. The van der Waals surface area contributed by atoms with Gasteiger partial charge in [-0.3, -0.25) is 4.98 Å². The number of fused-ring (bicyclic) bond motifs is 1. The molecule has 0 amide bonds. The minimum atomic E-state index is -0.0654. The monoisotopic (exact) mass is 257 g/mol. The Balaban J connectivity index is 2.55. The molecule has 0 saturated heterocycles. The average Bonchev–Trinajstić information content (AvgIpc) is 2.44. The van der Waals surface area contributed by atoms with Crippen molar-refractivity contribution in [3.05, 3.63) is 42.2 Å². The van der Waals surface area contributed by atoms with Crippen LogP contribution >= 0.6 is 0 Å². The second-order valence-corrected chi connectivity index (χ2v) is 5.53. The summed E-state index contributed by atoms with van der Waals surface area (Å²) in [6, 6.07) is 8.28. The van der Waals surface area contributed by atoms with Crippen molar-refractivity contribution in [1.82, 2.24) is 9.88 Å². The van der Waals surface area contributed by atoms with Crippen molar-refractivity contribution >= 4 is 10.8 Å². The highest BCUT2D eigenvalue weighted by molar-refractivity contribution is 5.85. The predicted molar refractivity (Wildman–Crippen MR) is 81.1 cm³/mol. The normalized spacial score (nSPS) is 16.5. The average molecular weight is 257 g/mol. The van der Waals surface area contributed by atoms with Gasteiger partial charge in [-0.05, 0) is 44.5 Å². The summed E-state index contributed by atoms with van der Waals surface area (Å²) < 4.78 is 0. The summed E-state index contributed by atoms with van der Waals surface area (Å²) in [5, 5.41) is 2.35. The van der Waals surface area contributed by atoms with Crippen LogP contribution in [0.25, 0.3) is 10.8 Å². The molecule has 1 aromatic carbocycles. The summed E-state index contributed by atoms with van der Waals surface area (Å²) in [6.45, 7) is 4.40. The first kappa shape index (κ1) is 14.0. The Morgan fingerprint density at radius 1 is 1.32 bits per heavy atom. The second kappa shape index (κ2) is 5.27. The van der Waals surface area contributed by atoms with Gasteiger partial charge in [0.1, 0.15) is 0 Å². The van der Waals surface area contributed by atoms with E-state index >= 15 is 0 Å². The summed E-state index contributed by atoms with van der Waals surface area (Å²) in [5.41, 5.74) is 7.69. The zero-order valence-electron chi connectivity index (χ0n) is 12.2. The number of aromatic nitrogens is 1. The van der Waals surface area contributed by atoms with E-state index in [1.807, 2.05) is 18.5 Å². The molecule has 0 aliphatic rings. The van der Waals surface area contributed by atoms with Crippen LogP contribution in [0, 0.1) is 0 Å². The highest BCUT2D eigenvalue weighted by Crippen LogP contribution is 2.34. The number of nitrogens with two attached hydrogens (primary N) is 1. The lowest BCUT2D eigenvalue weighted by atomic mass is 9.82. The molecule has 1 heterocycles. The van der Waals surface area contributed by atoms with Gasteiger partial charge >= 0.3 is 0 Å². The summed E-state index contributed by atoms with van der Waals surface area (Å²) in [4.78, 5) is 6.45. The van der Waals surface area contributed by atoms with Crippen molar-refractivity contribution in [2.45, 2.75) is 31.8 Å². The van der Waals surface area contributed by atoms with E-state index in [0.717, 1.165) is 11.8 Å². The molecule has 3 nitrogen and oxygen atoms in total. The molecule has 0 bridgehead atoms. The van der Waals surface area contributed by atoms with Gasteiger partial charge in [0.15, 0.2) is 0 Å². The number of pyridine rings is 1. The first-order chi connectivity index (χ1) is 9.00. The second-order valence-electron chi connectivity index (χ2n) is 5.53. The standard InChI is InChI=1S/C16H23N3/c1-5-16(2,19(3)4)15(17)13-8-6-7-12-9-10-18-11-14(12)13/h6-11,15H,5,17H2,1-4H3. The van der Waals surface area contributed by atoms with Gasteiger partial charge in [-0.15, -0.1) is 0 Å². The van der Waals surface area contributed by atoms with E-state index in [1.165, 1.54) is 10.9 Å². The molecule has 1 aromatic heterocycles. The van der Waals surface area contributed by atoms with Crippen molar-refractivity contribution in [1.29, 1.82) is 0 Å². The number of hydrogen-bond donors (Lipinski definition) is 1. The van der Waals surface area contributed by atoms with E-state index in [0.29, 0.717) is 0 Å². The van der Waals surface area contributed by atoms with Crippen molar-refractivity contribution in [3.63, 3.8) is 0 Å². The number of hydrogen-bond acceptors (Lipinski definition) is 3. The van der Waals surface area contributed by atoms with E-state index < -0.39 is 0 Å². The van der Waals surface area contributed by atoms with Gasteiger partial charge in [0.25, 0.3) is 0 Å². The maximum atomic E-state index is 6.58. The number of nitrogens with zero attached hydrogens (tertiary/aromatic N) is 2. The Hall–Kier alpha value is -1.45. The molecular weight excluding hydrogens is 234 g/mol. The smallest absolute Gasteiger partial charge is 0.0485 e. The Morgan fingerprint density at radius 2 is 2.05 bits per heavy atom. The third-order valence-electron chi connectivity index (χ3n) is 4.46. The van der Waals surface area contributed by atoms with Crippen molar-refractivity contribution in [2.75, 3.05) is 14.1 Å². The molecular formula is C16H23N3. The maximum Gasteiger partial charge on any atom is 0.0485 e. The van der Waals surface area contributed by atoms with Crippen LogP contribution in [0.4, 0.5) is 0 Å². The Kier molecular flexibility index (Phi) is 3.88. The van der Waals surface area contributed by atoms with Crippen LogP contribution in [0.1, 0.15) is 31.9 Å². The van der Waals surface area contributed by atoms with Gasteiger partial charge in [-0.25, -0.2) is 0 Å². The van der Waals surface area contributed by atoms with E-state index in [-0.39, 0.29) is 11.6 Å². The molecule has 19 heavy (non-hydrogen) atoms. The van der Waals surface area contributed by atoms with Gasteiger partial charge in [-0.1, -0.05) is 25.1 Å². The van der Waals surface area contributed by atoms with Crippen LogP contribution in [0.15, 0.2) is 36.7 Å². The van der Waals surface area contributed by atoms with Crippen molar-refractivity contribution < 1.29 is 0 Å². The molecule has 0 fully saturated rings. The van der Waals surface area contributed by atoms with Crippen LogP contribution in [0.5, 0.6) is 0 Å². The van der Waals surface area contributed by atoms with Gasteiger partial charge in [0.05, 0.1) is 0 Å². The van der Waals surface area contributed by atoms with Gasteiger partial charge < -0.3 is 10.6 Å². The molecule has 2 atom stereocenters. The van der Waals surface area contributed by atoms with Gasteiger partial charge in [0.2, 0.25) is 0 Å². The minimum Gasteiger partial charge on any atom is -0.322 e. The van der Waals surface area contributed by atoms with Crippen LogP contribution in [0.2, 0.25) is 0 Å². The van der Waals surface area contributed by atoms with Gasteiger partial charge in [-0.2, -0.15) is 0 Å². The zero-order valence-corrected chi connectivity index (χ0v) is 12.2. The Bertz CT molecular complexity index is 559. The predicted octanol–water partition coefficient (Wildman–Crippen LogP) is 2.96. The molecule has 0 spiro atoms. The lowest BCUT2D eigenvalue weighted by molar-refractivity contribution is 0.132. The number of benzene rings is 1. The molecule has 2 unspecified atom stereocenters. The summed E-state index contributed by atoms with van der Waals surface area (Å²) >= 11 is 0. The molecule has 0 saturated carbocycles. The van der Waals surface area contributed by atoms with Crippen LogP contribution < -0.4 is 5.73 Å². The third-order valence-corrected chi connectivity index (χ3v) is 4.46. The lowest BCUT2D eigenvalue weighted by Crippen LogP contribution is -2.49. The van der Waals surface area contributed by atoms with Crippen molar-refractivity contribution in [3.8, 4) is 0 Å². The van der Waals surface area contributed by atoms with Gasteiger partial charge in [0, 0.05) is 29.4 Å². The summed E-state index contributed by atoms with van der Waals surface area (Å²) in [5.74, 6) is 0. The number of likely N-dealkylation sites (N-methyl/N-ethyl adjacent to an activating group) is 1. The summed E-state index contributed by atoms with van der Waals surface area (Å²) in [7, 11) is 4.18. The van der Waals surface area contributed by atoms with E-state index in [4.69, 9.17) is 5.73 Å². The molecule has 2 rings (SSSR count). The summed E-state index contributed by atoms with van der Waals surface area (Å²) in [6.07, 6.45) is 4.73. The molecule has 0 aliphatic heterocycles. The highest BCUT2D eigenvalue weighted by atomic mass is 15.2. The lowest BCUT2D eigenvalue weighted by Gasteiger charge is -2.41. The third kappa shape index (κ3) is 2.36. The topological polar surface area (TPSA) is 42.1 Å². The quantitative estimate of drug-likeness (QED) is 0.915. The molecule has 102 valence electrons. The fourth-order valence-corrected chi connectivity index (χ4v) is 2.56. The fourth-order valence-electron chi connectivity index (χ4n) is 2.56. The number of rotatable bonds is 4. The minimum absolute atomic E-state index is 0.0413. The Labute approximate surface area is 115 Å². The molecule has 2 N–H and O–H groups in total. The SMILES string of the molecule is CCC(C)(C(N)c1cccc2ccncc12)N(C)C. The molecule has 0 aliphatic carbocycles. The van der Waals surface area contributed by atoms with Crippen LogP contribution in [-0.2, 0) is 0 Å². The highest BCUT2D eigenvalue weighted by Gasteiger charge is 2.33. The fraction of sp³-hybridized carbons (Fsp3) is 0.438. The van der Waals surface area contributed by atoms with Crippen molar-refractivity contribution in [2.24, 2.45) is 5.73 Å². The molecule has 2 aromatic rings. The van der Waals surface area contributed by atoms with E-state index in [2.05, 4.69) is 56.0 Å². The largest absolute Gasteiger partial charge is 0.322 e. The Morgan fingerprint density at radius 3 is 2.68 bits per heavy atom. The maximum absolute atomic E-state index is 6.58. The molecule has 0 radical (unpaired) electrons. The van der Waals surface area contributed by atoms with Crippen LogP contribution in [-0.4, -0.2) is 29.5 Å². The zero-order chi connectivity index (χ0) is 14.0. The molecule has 3 heteroatoms.